The van der Waals surface area contributed by atoms with Crippen LogP contribution in [0.15, 0.2) is 84.9 Å². The summed E-state index contributed by atoms with van der Waals surface area (Å²) in [6, 6.07) is 28.3. The van der Waals surface area contributed by atoms with Crippen LogP contribution in [0.3, 0.4) is 0 Å². The van der Waals surface area contributed by atoms with Gasteiger partial charge in [0.1, 0.15) is 5.69 Å². The first-order valence-corrected chi connectivity index (χ1v) is 13.9. The van der Waals surface area contributed by atoms with Gasteiger partial charge in [0.15, 0.2) is 5.54 Å². The average Bonchev–Trinajstić information content (AvgIpc) is 3.10. The summed E-state index contributed by atoms with van der Waals surface area (Å²) in [6.45, 7) is 2.79. The van der Waals surface area contributed by atoms with E-state index in [0.29, 0.717) is 18.8 Å². The van der Waals surface area contributed by atoms with Gasteiger partial charge in [-0.3, -0.25) is 9.59 Å². The third-order valence-electron chi connectivity index (χ3n) is 8.37. The van der Waals surface area contributed by atoms with Crippen molar-refractivity contribution in [2.24, 2.45) is 0 Å². The molecule has 0 saturated heterocycles. The summed E-state index contributed by atoms with van der Waals surface area (Å²) in [4.78, 5) is 30.9. The van der Waals surface area contributed by atoms with Crippen LogP contribution in [0, 0.1) is 6.92 Å². The van der Waals surface area contributed by atoms with Gasteiger partial charge in [0.05, 0.1) is 6.54 Å². The van der Waals surface area contributed by atoms with Crippen LogP contribution in [-0.2, 0) is 23.4 Å². The Morgan fingerprint density at radius 1 is 0.895 bits per heavy atom. The van der Waals surface area contributed by atoms with E-state index in [9.17, 15) is 9.59 Å². The number of aromatic nitrogens is 1. The van der Waals surface area contributed by atoms with Crippen LogP contribution < -0.4 is 5.32 Å². The lowest BCUT2D eigenvalue weighted by molar-refractivity contribution is -0.136. The fourth-order valence-electron chi connectivity index (χ4n) is 6.33. The molecule has 0 spiro atoms. The van der Waals surface area contributed by atoms with Gasteiger partial charge in [-0.05, 0) is 48.6 Å². The van der Waals surface area contributed by atoms with Crippen molar-refractivity contribution in [1.29, 1.82) is 0 Å². The summed E-state index contributed by atoms with van der Waals surface area (Å²) in [5, 5.41) is 4.46. The van der Waals surface area contributed by atoms with Crippen molar-refractivity contribution in [3.63, 3.8) is 0 Å². The van der Waals surface area contributed by atoms with Crippen molar-refractivity contribution < 1.29 is 9.59 Å². The molecule has 4 aromatic rings. The Labute approximate surface area is 224 Å². The van der Waals surface area contributed by atoms with E-state index in [1.807, 2.05) is 71.6 Å². The number of nitrogens with one attached hydrogen (secondary N) is 1. The van der Waals surface area contributed by atoms with Gasteiger partial charge >= 0.3 is 0 Å². The van der Waals surface area contributed by atoms with Gasteiger partial charge in [0, 0.05) is 23.5 Å². The molecule has 0 radical (unpaired) electrons. The first-order chi connectivity index (χ1) is 18.6. The maximum Gasteiger partial charge on any atom is 0.272 e. The SMILES string of the molecule is Cc1ccc2cc3n(c2c1)CC(C(=O)NC1CCCCCC1)(c1ccccc1)N(Cc1ccccc1)C3=O. The highest BCUT2D eigenvalue weighted by molar-refractivity contribution is 6.04. The molecule has 5 nitrogen and oxygen atoms in total. The lowest BCUT2D eigenvalue weighted by Crippen LogP contribution is -2.63. The molecule has 1 saturated carbocycles. The van der Waals surface area contributed by atoms with Crippen LogP contribution in [-0.4, -0.2) is 27.3 Å². The molecule has 2 aliphatic rings. The normalized spacial score (nSPS) is 20.2. The van der Waals surface area contributed by atoms with E-state index >= 15 is 0 Å². The Bertz CT molecular complexity index is 1450. The monoisotopic (exact) mass is 505 g/mol. The van der Waals surface area contributed by atoms with Gasteiger partial charge in [-0.1, -0.05) is 98.5 Å². The standard InChI is InChI=1S/C33H35N3O2/c1-24-18-19-26-21-30-31(37)36(22-25-12-6-4-7-13-25)33(23-35(30)29(26)20-24,27-14-8-5-9-15-27)32(38)34-28-16-10-2-3-11-17-28/h4-9,12-15,18-21,28H,2-3,10-11,16-17,22-23H2,1H3,(H,34,38). The highest BCUT2D eigenvalue weighted by atomic mass is 16.2. The number of carbonyl (C=O) groups excluding carboxylic acids is 2. The molecule has 1 N–H and O–H groups in total. The fraction of sp³-hybridized carbons (Fsp3) is 0.333. The largest absolute Gasteiger partial charge is 0.351 e. The molecule has 6 rings (SSSR count). The van der Waals surface area contributed by atoms with Gasteiger partial charge in [0.25, 0.3) is 11.8 Å². The van der Waals surface area contributed by atoms with Crippen LogP contribution in [0.1, 0.15) is 65.7 Å². The highest BCUT2D eigenvalue weighted by Crippen LogP contribution is 2.40. The molecule has 2 heterocycles. The minimum absolute atomic E-state index is 0.0833. The molecule has 3 aromatic carbocycles. The zero-order valence-electron chi connectivity index (χ0n) is 22.0. The predicted molar refractivity (Wildman–Crippen MR) is 151 cm³/mol. The zero-order valence-corrected chi connectivity index (χ0v) is 22.0. The lowest BCUT2D eigenvalue weighted by Gasteiger charge is -2.47. The summed E-state index contributed by atoms with van der Waals surface area (Å²) < 4.78 is 2.08. The summed E-state index contributed by atoms with van der Waals surface area (Å²) in [5.41, 5.74) is 3.43. The molecule has 1 aliphatic heterocycles. The number of amides is 2. The van der Waals surface area contributed by atoms with Crippen LogP contribution in [0.5, 0.6) is 0 Å². The van der Waals surface area contributed by atoms with Gasteiger partial charge in [-0.2, -0.15) is 0 Å². The number of rotatable bonds is 5. The van der Waals surface area contributed by atoms with Gasteiger partial charge in [0.2, 0.25) is 0 Å². The smallest absolute Gasteiger partial charge is 0.272 e. The number of hydrogen-bond donors (Lipinski definition) is 1. The van der Waals surface area contributed by atoms with E-state index in [1.54, 1.807) is 0 Å². The number of aryl methyl sites for hydroxylation is 1. The highest BCUT2D eigenvalue weighted by Gasteiger charge is 2.52. The van der Waals surface area contributed by atoms with Crippen molar-refractivity contribution in [1.82, 2.24) is 14.8 Å². The molecule has 38 heavy (non-hydrogen) atoms. The lowest BCUT2D eigenvalue weighted by atomic mass is 9.83. The summed E-state index contributed by atoms with van der Waals surface area (Å²) in [7, 11) is 0. The Hall–Kier alpha value is -3.86. The van der Waals surface area contributed by atoms with E-state index in [0.717, 1.165) is 53.3 Å². The second-order valence-corrected chi connectivity index (χ2v) is 10.9. The number of benzene rings is 3. The van der Waals surface area contributed by atoms with Crippen molar-refractivity contribution >= 4 is 22.7 Å². The van der Waals surface area contributed by atoms with Crippen molar-refractivity contribution in [3.05, 3.63) is 107 Å². The minimum atomic E-state index is -1.18. The number of fused-ring (bicyclic) bond motifs is 3. The molecule has 0 bridgehead atoms. The molecule has 1 atom stereocenters. The molecule has 194 valence electrons. The van der Waals surface area contributed by atoms with E-state index in [1.165, 1.54) is 12.8 Å². The maximum absolute atomic E-state index is 14.7. The summed E-state index contributed by atoms with van der Waals surface area (Å²) >= 11 is 0. The van der Waals surface area contributed by atoms with Crippen LogP contribution >= 0.6 is 0 Å². The molecule has 1 fully saturated rings. The van der Waals surface area contributed by atoms with Crippen molar-refractivity contribution in [2.45, 2.75) is 70.1 Å². The van der Waals surface area contributed by atoms with Crippen LogP contribution in [0.2, 0.25) is 0 Å². The number of carbonyl (C=O) groups is 2. The fourth-order valence-corrected chi connectivity index (χ4v) is 6.33. The number of hydrogen-bond acceptors (Lipinski definition) is 2. The quantitative estimate of drug-likeness (QED) is 0.322. The van der Waals surface area contributed by atoms with Crippen molar-refractivity contribution in [2.75, 3.05) is 0 Å². The summed E-state index contributed by atoms with van der Waals surface area (Å²) in [5.74, 6) is -0.200. The predicted octanol–water partition coefficient (Wildman–Crippen LogP) is 6.34. The van der Waals surface area contributed by atoms with E-state index in [2.05, 4.69) is 35.0 Å². The third-order valence-corrected chi connectivity index (χ3v) is 8.37. The molecular weight excluding hydrogens is 470 g/mol. The number of nitrogens with zero attached hydrogens (tertiary/aromatic N) is 2. The van der Waals surface area contributed by atoms with E-state index in [-0.39, 0.29) is 17.9 Å². The maximum atomic E-state index is 14.7. The average molecular weight is 506 g/mol. The molecule has 1 aliphatic carbocycles. The Kier molecular flexibility index (Phi) is 6.52. The Balaban J connectivity index is 1.54. The van der Waals surface area contributed by atoms with Crippen LogP contribution in [0.25, 0.3) is 10.9 Å². The van der Waals surface area contributed by atoms with E-state index < -0.39 is 5.54 Å². The minimum Gasteiger partial charge on any atom is -0.351 e. The third kappa shape index (κ3) is 4.30. The van der Waals surface area contributed by atoms with Gasteiger partial charge in [-0.25, -0.2) is 0 Å². The first kappa shape index (κ1) is 24.5. The topological polar surface area (TPSA) is 54.3 Å². The second-order valence-electron chi connectivity index (χ2n) is 10.9. The van der Waals surface area contributed by atoms with Crippen molar-refractivity contribution in [3.8, 4) is 0 Å². The Morgan fingerprint density at radius 3 is 2.29 bits per heavy atom. The zero-order chi connectivity index (χ0) is 26.1. The molecule has 2 amide bonds. The molecular formula is C33H35N3O2. The van der Waals surface area contributed by atoms with E-state index in [4.69, 9.17) is 0 Å². The molecule has 1 aromatic heterocycles. The molecule has 5 heteroatoms. The summed E-state index contributed by atoms with van der Waals surface area (Å²) in [6.07, 6.45) is 6.66. The first-order valence-electron chi connectivity index (χ1n) is 13.9. The molecule has 1 unspecified atom stereocenters. The van der Waals surface area contributed by atoms with Gasteiger partial charge in [-0.15, -0.1) is 0 Å². The van der Waals surface area contributed by atoms with Crippen LogP contribution in [0.4, 0.5) is 0 Å². The Morgan fingerprint density at radius 2 is 1.58 bits per heavy atom. The van der Waals surface area contributed by atoms with Gasteiger partial charge < -0.3 is 14.8 Å². The second kappa shape index (κ2) is 10.1.